The van der Waals surface area contributed by atoms with E-state index < -0.39 is 0 Å². The molecule has 2 heterocycles. The van der Waals surface area contributed by atoms with Gasteiger partial charge in [0.15, 0.2) is 0 Å². The molecule has 0 aromatic heterocycles. The van der Waals surface area contributed by atoms with Gasteiger partial charge in [0.05, 0.1) is 19.3 Å². The maximum absolute atomic E-state index is 13.3. The first-order valence-electron chi connectivity index (χ1n) is 8.89. The lowest BCUT2D eigenvalue weighted by Gasteiger charge is -2.37. The predicted molar refractivity (Wildman–Crippen MR) is 98.6 cm³/mol. The van der Waals surface area contributed by atoms with Crippen molar-refractivity contribution in [2.75, 3.05) is 52.5 Å². The minimum absolute atomic E-state index is 0. The molecule has 0 saturated carbocycles. The molecule has 2 fully saturated rings. The van der Waals surface area contributed by atoms with Crippen LogP contribution in [0.4, 0.5) is 4.39 Å². The predicted octanol–water partition coefficient (Wildman–Crippen LogP) is 1.10. The van der Waals surface area contributed by atoms with Crippen LogP contribution in [-0.2, 0) is 11.3 Å². The van der Waals surface area contributed by atoms with E-state index in [1.54, 1.807) is 12.1 Å². The standard InChI is InChI=1S/C18H28FN3O2.ClH/c19-16-3-1-2-15(12-16)13-22-6-4-17(18(23)14-22)20-5-7-21-8-10-24-11-9-21;/h1-3,12,17-18,20,23H,4-11,13-14H2;1H/t17-,18-;/m1./s1. The minimum Gasteiger partial charge on any atom is -0.390 e. The number of piperidine rings is 1. The van der Waals surface area contributed by atoms with Gasteiger partial charge in [0.25, 0.3) is 0 Å². The molecule has 2 saturated heterocycles. The zero-order valence-electron chi connectivity index (χ0n) is 14.6. The van der Waals surface area contributed by atoms with E-state index in [-0.39, 0.29) is 30.4 Å². The summed E-state index contributed by atoms with van der Waals surface area (Å²) in [7, 11) is 0. The fourth-order valence-corrected chi connectivity index (χ4v) is 3.51. The number of likely N-dealkylation sites (tertiary alicyclic amines) is 1. The van der Waals surface area contributed by atoms with Crippen LogP contribution >= 0.6 is 12.4 Å². The molecule has 1 aromatic rings. The number of ether oxygens (including phenoxy) is 1. The van der Waals surface area contributed by atoms with Crippen LogP contribution in [0.2, 0.25) is 0 Å². The summed E-state index contributed by atoms with van der Waals surface area (Å²) in [5.41, 5.74) is 0.959. The van der Waals surface area contributed by atoms with E-state index in [9.17, 15) is 9.50 Å². The molecule has 0 spiro atoms. The summed E-state index contributed by atoms with van der Waals surface area (Å²) in [4.78, 5) is 4.58. The number of halogens is 2. The third-order valence-electron chi connectivity index (χ3n) is 4.90. The molecule has 142 valence electrons. The normalized spacial score (nSPS) is 25.5. The smallest absolute Gasteiger partial charge is 0.123 e. The Kier molecular flexibility index (Phi) is 8.55. The molecule has 0 aliphatic carbocycles. The molecule has 1 aromatic carbocycles. The van der Waals surface area contributed by atoms with Gasteiger partial charge in [-0.25, -0.2) is 4.39 Å². The largest absolute Gasteiger partial charge is 0.390 e. The highest BCUT2D eigenvalue weighted by molar-refractivity contribution is 5.85. The Bertz CT molecular complexity index is 517. The van der Waals surface area contributed by atoms with Gasteiger partial charge >= 0.3 is 0 Å². The summed E-state index contributed by atoms with van der Waals surface area (Å²) in [5, 5.41) is 13.9. The van der Waals surface area contributed by atoms with E-state index in [2.05, 4.69) is 15.1 Å². The fraction of sp³-hybridized carbons (Fsp3) is 0.667. The highest BCUT2D eigenvalue weighted by Crippen LogP contribution is 2.15. The minimum atomic E-state index is -0.378. The van der Waals surface area contributed by atoms with Gasteiger partial charge < -0.3 is 15.2 Å². The first kappa shape index (κ1) is 20.6. The Hall–Kier alpha value is -0.760. The number of hydrogen-bond donors (Lipinski definition) is 2. The molecule has 2 N–H and O–H groups in total. The molecule has 0 unspecified atom stereocenters. The summed E-state index contributed by atoms with van der Waals surface area (Å²) in [6.45, 7) is 7.77. The monoisotopic (exact) mass is 373 g/mol. The summed E-state index contributed by atoms with van der Waals surface area (Å²) >= 11 is 0. The van der Waals surface area contributed by atoms with Crippen molar-refractivity contribution in [2.24, 2.45) is 0 Å². The van der Waals surface area contributed by atoms with Crippen molar-refractivity contribution in [3.8, 4) is 0 Å². The number of hydrogen-bond acceptors (Lipinski definition) is 5. The first-order valence-corrected chi connectivity index (χ1v) is 8.89. The first-order chi connectivity index (χ1) is 11.7. The topological polar surface area (TPSA) is 48.0 Å². The fourth-order valence-electron chi connectivity index (χ4n) is 3.51. The van der Waals surface area contributed by atoms with Gasteiger partial charge in [0.2, 0.25) is 0 Å². The van der Waals surface area contributed by atoms with E-state index in [0.717, 1.165) is 57.9 Å². The summed E-state index contributed by atoms with van der Waals surface area (Å²) in [5.74, 6) is -0.201. The molecule has 3 rings (SSSR count). The highest BCUT2D eigenvalue weighted by Gasteiger charge is 2.27. The molecule has 5 nitrogen and oxygen atoms in total. The van der Waals surface area contributed by atoms with Crippen LogP contribution in [0.5, 0.6) is 0 Å². The Labute approximate surface area is 155 Å². The van der Waals surface area contributed by atoms with Crippen molar-refractivity contribution < 1.29 is 14.2 Å². The van der Waals surface area contributed by atoms with Gasteiger partial charge in [-0.3, -0.25) is 9.80 Å². The number of nitrogens with zero attached hydrogens (tertiary/aromatic N) is 2. The number of nitrogens with one attached hydrogen (secondary N) is 1. The lowest BCUT2D eigenvalue weighted by atomic mass is 10.0. The average molecular weight is 374 g/mol. The van der Waals surface area contributed by atoms with Crippen molar-refractivity contribution in [3.05, 3.63) is 35.6 Å². The maximum atomic E-state index is 13.3. The average Bonchev–Trinajstić information content (AvgIpc) is 2.58. The Morgan fingerprint density at radius 1 is 1.20 bits per heavy atom. The van der Waals surface area contributed by atoms with Gasteiger partial charge in [-0.1, -0.05) is 12.1 Å². The van der Waals surface area contributed by atoms with Gasteiger partial charge in [-0.05, 0) is 24.1 Å². The van der Waals surface area contributed by atoms with E-state index in [0.29, 0.717) is 13.1 Å². The molecule has 7 heteroatoms. The van der Waals surface area contributed by atoms with Crippen molar-refractivity contribution in [2.45, 2.75) is 25.1 Å². The molecular formula is C18H29ClFN3O2. The number of morpholine rings is 1. The zero-order chi connectivity index (χ0) is 16.8. The Balaban J connectivity index is 0.00000225. The molecule has 0 radical (unpaired) electrons. The maximum Gasteiger partial charge on any atom is 0.123 e. The molecule has 2 aliphatic heterocycles. The second-order valence-corrected chi connectivity index (χ2v) is 6.74. The number of aliphatic hydroxyl groups excluding tert-OH is 1. The molecule has 0 bridgehead atoms. The lowest BCUT2D eigenvalue weighted by molar-refractivity contribution is 0.0268. The molecule has 25 heavy (non-hydrogen) atoms. The van der Waals surface area contributed by atoms with Gasteiger partial charge in [0, 0.05) is 51.9 Å². The highest BCUT2D eigenvalue weighted by atomic mass is 35.5. The second-order valence-electron chi connectivity index (χ2n) is 6.74. The Morgan fingerprint density at radius 2 is 2.00 bits per heavy atom. The zero-order valence-corrected chi connectivity index (χ0v) is 15.4. The van der Waals surface area contributed by atoms with Gasteiger partial charge in [-0.2, -0.15) is 0 Å². The van der Waals surface area contributed by atoms with Crippen molar-refractivity contribution in [3.63, 3.8) is 0 Å². The van der Waals surface area contributed by atoms with E-state index in [1.807, 2.05) is 6.07 Å². The van der Waals surface area contributed by atoms with Gasteiger partial charge in [-0.15, -0.1) is 12.4 Å². The summed E-state index contributed by atoms with van der Waals surface area (Å²) < 4.78 is 18.6. The lowest BCUT2D eigenvalue weighted by Crippen LogP contribution is -2.53. The quantitative estimate of drug-likeness (QED) is 0.782. The third-order valence-corrected chi connectivity index (χ3v) is 4.90. The van der Waals surface area contributed by atoms with Crippen molar-refractivity contribution in [1.29, 1.82) is 0 Å². The van der Waals surface area contributed by atoms with Crippen LogP contribution in [0, 0.1) is 5.82 Å². The van der Waals surface area contributed by atoms with Crippen molar-refractivity contribution in [1.82, 2.24) is 15.1 Å². The molecule has 2 aliphatic rings. The number of benzene rings is 1. The number of aliphatic hydroxyl groups is 1. The van der Waals surface area contributed by atoms with Crippen LogP contribution in [0.1, 0.15) is 12.0 Å². The summed E-state index contributed by atoms with van der Waals surface area (Å²) in [6, 6.07) is 6.85. The van der Waals surface area contributed by atoms with Gasteiger partial charge in [0.1, 0.15) is 5.82 Å². The van der Waals surface area contributed by atoms with Crippen LogP contribution in [0.25, 0.3) is 0 Å². The van der Waals surface area contributed by atoms with Crippen LogP contribution in [0.3, 0.4) is 0 Å². The molecular weight excluding hydrogens is 345 g/mol. The summed E-state index contributed by atoms with van der Waals surface area (Å²) in [6.07, 6.45) is 0.538. The Morgan fingerprint density at radius 3 is 2.72 bits per heavy atom. The van der Waals surface area contributed by atoms with E-state index >= 15 is 0 Å². The third kappa shape index (κ3) is 6.47. The number of rotatable bonds is 6. The number of β-amino-alcohol motifs (C(OH)–C–C–N with tert-alkyl or cyclic N) is 1. The molecule has 0 amide bonds. The second kappa shape index (κ2) is 10.4. The van der Waals surface area contributed by atoms with Crippen LogP contribution in [-0.4, -0.2) is 79.5 Å². The van der Waals surface area contributed by atoms with Crippen LogP contribution in [0.15, 0.2) is 24.3 Å². The molecule has 2 atom stereocenters. The SMILES string of the molecule is Cl.O[C@@H]1CN(Cc2cccc(F)c2)CC[C@H]1NCCN1CCOCC1. The van der Waals surface area contributed by atoms with E-state index in [1.165, 1.54) is 6.07 Å². The van der Waals surface area contributed by atoms with E-state index in [4.69, 9.17) is 4.74 Å². The van der Waals surface area contributed by atoms with Crippen LogP contribution < -0.4 is 5.32 Å². The van der Waals surface area contributed by atoms with Crippen molar-refractivity contribution >= 4 is 12.4 Å².